The maximum Gasteiger partial charge on any atom is 0.338 e. The number of urea groups is 1. The number of hydrogen-bond acceptors (Lipinski definition) is 6. The molecule has 0 radical (unpaired) electrons. The van der Waals surface area contributed by atoms with Crippen molar-refractivity contribution in [2.45, 2.75) is 20.4 Å². The van der Waals surface area contributed by atoms with Crippen LogP contribution in [0.15, 0.2) is 52.9 Å². The summed E-state index contributed by atoms with van der Waals surface area (Å²) >= 11 is 0. The summed E-state index contributed by atoms with van der Waals surface area (Å²) in [5, 5.41) is 5.45. The monoisotopic (exact) mass is 409 g/mol. The van der Waals surface area contributed by atoms with Gasteiger partial charge in [-0.2, -0.15) is 0 Å². The van der Waals surface area contributed by atoms with Crippen LogP contribution in [0.2, 0.25) is 0 Å². The van der Waals surface area contributed by atoms with Crippen LogP contribution < -0.4 is 15.4 Å². The molecule has 0 aliphatic carbocycles. The quantitative estimate of drug-likeness (QED) is 0.568. The van der Waals surface area contributed by atoms with E-state index in [0.29, 0.717) is 35.2 Å². The van der Waals surface area contributed by atoms with Crippen LogP contribution in [0.5, 0.6) is 5.75 Å². The largest absolute Gasteiger partial charge is 0.497 e. The van der Waals surface area contributed by atoms with E-state index in [-0.39, 0.29) is 6.54 Å². The number of anilines is 1. The molecule has 0 fully saturated rings. The molecule has 0 aliphatic heterocycles. The highest BCUT2D eigenvalue weighted by atomic mass is 16.5. The summed E-state index contributed by atoms with van der Waals surface area (Å²) in [6.07, 6.45) is 0. The van der Waals surface area contributed by atoms with Crippen molar-refractivity contribution in [2.24, 2.45) is 0 Å². The van der Waals surface area contributed by atoms with Gasteiger partial charge in [0.15, 0.2) is 0 Å². The fourth-order valence-electron chi connectivity index (χ4n) is 2.69. The lowest BCUT2D eigenvalue weighted by atomic mass is 10.2. The molecule has 0 unspecified atom stereocenters. The second-order valence-corrected chi connectivity index (χ2v) is 6.36. The van der Waals surface area contributed by atoms with E-state index in [9.17, 15) is 9.59 Å². The first-order valence-electron chi connectivity index (χ1n) is 9.43. The molecule has 0 spiro atoms. The standard InChI is InChI=1S/C22H23N3O5/c1-4-29-21(26)16-5-9-17(10-6-16)24-22(27)23-13-19-14(2)30-20(25-19)15-7-11-18(28-3)12-8-15/h5-12H,4,13H2,1-3H3,(H2,23,24,27). The first kappa shape index (κ1) is 20.9. The zero-order chi connectivity index (χ0) is 21.5. The lowest BCUT2D eigenvalue weighted by Crippen LogP contribution is -2.28. The number of carbonyl (C=O) groups excluding carboxylic acids is 2. The molecule has 30 heavy (non-hydrogen) atoms. The van der Waals surface area contributed by atoms with Crippen molar-refractivity contribution in [3.63, 3.8) is 0 Å². The van der Waals surface area contributed by atoms with E-state index in [4.69, 9.17) is 13.9 Å². The molecular weight excluding hydrogens is 386 g/mol. The van der Waals surface area contributed by atoms with Crippen LogP contribution in [-0.4, -0.2) is 30.7 Å². The molecule has 0 aliphatic rings. The van der Waals surface area contributed by atoms with Crippen molar-refractivity contribution < 1.29 is 23.5 Å². The average Bonchev–Trinajstić information content (AvgIpc) is 3.13. The minimum atomic E-state index is -0.400. The Labute approximate surface area is 174 Å². The number of nitrogens with zero attached hydrogens (tertiary/aromatic N) is 1. The maximum absolute atomic E-state index is 12.2. The Morgan fingerprint density at radius 1 is 1.07 bits per heavy atom. The molecule has 1 heterocycles. The molecule has 0 saturated heterocycles. The summed E-state index contributed by atoms with van der Waals surface area (Å²) in [5.74, 6) is 1.44. The minimum Gasteiger partial charge on any atom is -0.497 e. The first-order valence-corrected chi connectivity index (χ1v) is 9.43. The van der Waals surface area contributed by atoms with Crippen molar-refractivity contribution in [3.8, 4) is 17.2 Å². The van der Waals surface area contributed by atoms with E-state index in [2.05, 4.69) is 15.6 Å². The Bertz CT molecular complexity index is 1010. The number of esters is 1. The van der Waals surface area contributed by atoms with Crippen molar-refractivity contribution in [1.29, 1.82) is 0 Å². The van der Waals surface area contributed by atoms with Crippen LogP contribution in [0.25, 0.3) is 11.5 Å². The third kappa shape index (κ3) is 5.16. The molecular formula is C22H23N3O5. The van der Waals surface area contributed by atoms with Gasteiger partial charge in [0.2, 0.25) is 5.89 Å². The smallest absolute Gasteiger partial charge is 0.338 e. The van der Waals surface area contributed by atoms with Gasteiger partial charge >= 0.3 is 12.0 Å². The predicted molar refractivity (Wildman–Crippen MR) is 111 cm³/mol. The van der Waals surface area contributed by atoms with E-state index in [0.717, 1.165) is 11.3 Å². The van der Waals surface area contributed by atoms with Gasteiger partial charge in [-0.25, -0.2) is 14.6 Å². The number of rotatable bonds is 7. The summed E-state index contributed by atoms with van der Waals surface area (Å²) in [6, 6.07) is 13.4. The summed E-state index contributed by atoms with van der Waals surface area (Å²) in [6.45, 7) is 4.05. The number of methoxy groups -OCH3 is 1. The van der Waals surface area contributed by atoms with E-state index < -0.39 is 12.0 Å². The van der Waals surface area contributed by atoms with Gasteiger partial charge in [0.25, 0.3) is 0 Å². The lowest BCUT2D eigenvalue weighted by molar-refractivity contribution is 0.0526. The molecule has 8 nitrogen and oxygen atoms in total. The second-order valence-electron chi connectivity index (χ2n) is 6.36. The second kappa shape index (κ2) is 9.60. The molecule has 156 valence electrons. The van der Waals surface area contributed by atoms with Gasteiger partial charge in [0.1, 0.15) is 17.2 Å². The zero-order valence-electron chi connectivity index (χ0n) is 17.0. The molecule has 1 aromatic heterocycles. The van der Waals surface area contributed by atoms with Gasteiger partial charge in [-0.05, 0) is 62.4 Å². The highest BCUT2D eigenvalue weighted by Crippen LogP contribution is 2.24. The summed E-state index contributed by atoms with van der Waals surface area (Å²) < 4.78 is 15.8. The number of amides is 2. The third-order valence-electron chi connectivity index (χ3n) is 4.30. The van der Waals surface area contributed by atoms with Gasteiger partial charge in [0, 0.05) is 11.3 Å². The lowest BCUT2D eigenvalue weighted by Gasteiger charge is -2.07. The fourth-order valence-corrected chi connectivity index (χ4v) is 2.69. The van der Waals surface area contributed by atoms with Crippen LogP contribution in [0.4, 0.5) is 10.5 Å². The van der Waals surface area contributed by atoms with E-state index in [1.54, 1.807) is 45.2 Å². The van der Waals surface area contributed by atoms with Crippen LogP contribution >= 0.6 is 0 Å². The van der Waals surface area contributed by atoms with Crippen LogP contribution in [0.1, 0.15) is 28.7 Å². The zero-order valence-corrected chi connectivity index (χ0v) is 17.0. The van der Waals surface area contributed by atoms with Gasteiger partial charge < -0.3 is 24.5 Å². The molecule has 0 bridgehead atoms. The number of oxazole rings is 1. The Kier molecular flexibility index (Phi) is 6.69. The van der Waals surface area contributed by atoms with Crippen LogP contribution in [0.3, 0.4) is 0 Å². The average molecular weight is 409 g/mol. The van der Waals surface area contributed by atoms with Crippen LogP contribution in [-0.2, 0) is 11.3 Å². The van der Waals surface area contributed by atoms with Gasteiger partial charge in [-0.3, -0.25) is 0 Å². The molecule has 3 rings (SSSR count). The van der Waals surface area contributed by atoms with E-state index in [1.165, 1.54) is 0 Å². The van der Waals surface area contributed by atoms with E-state index >= 15 is 0 Å². The van der Waals surface area contributed by atoms with Crippen molar-refractivity contribution >= 4 is 17.7 Å². The Balaban J connectivity index is 1.57. The van der Waals surface area contributed by atoms with Gasteiger partial charge in [-0.1, -0.05) is 0 Å². The summed E-state index contributed by atoms with van der Waals surface area (Å²) in [4.78, 5) is 28.3. The highest BCUT2D eigenvalue weighted by Gasteiger charge is 2.13. The molecule has 2 N–H and O–H groups in total. The fraction of sp³-hybridized carbons (Fsp3) is 0.227. The number of aryl methyl sites for hydroxylation is 1. The molecule has 2 aromatic carbocycles. The summed E-state index contributed by atoms with van der Waals surface area (Å²) in [5.41, 5.74) is 2.42. The predicted octanol–water partition coefficient (Wildman–Crippen LogP) is 4.16. The molecule has 2 amide bonds. The first-order chi connectivity index (χ1) is 14.5. The maximum atomic E-state index is 12.2. The van der Waals surface area contributed by atoms with E-state index in [1.807, 2.05) is 24.3 Å². The third-order valence-corrected chi connectivity index (χ3v) is 4.30. The molecule has 8 heteroatoms. The number of ether oxygens (including phenoxy) is 2. The molecule has 0 saturated carbocycles. The number of nitrogens with one attached hydrogen (secondary N) is 2. The highest BCUT2D eigenvalue weighted by molar-refractivity contribution is 5.92. The van der Waals surface area contributed by atoms with Gasteiger partial charge in [-0.15, -0.1) is 0 Å². The minimum absolute atomic E-state index is 0.207. The topological polar surface area (TPSA) is 103 Å². The number of carbonyl (C=O) groups is 2. The number of hydrogen-bond donors (Lipinski definition) is 2. The van der Waals surface area contributed by atoms with Crippen molar-refractivity contribution in [1.82, 2.24) is 10.3 Å². The molecule has 3 aromatic rings. The molecule has 0 atom stereocenters. The van der Waals surface area contributed by atoms with Crippen molar-refractivity contribution in [2.75, 3.05) is 19.0 Å². The SMILES string of the molecule is CCOC(=O)c1ccc(NC(=O)NCc2nc(-c3ccc(OC)cc3)oc2C)cc1. The Hall–Kier alpha value is -3.81. The normalized spacial score (nSPS) is 10.4. The van der Waals surface area contributed by atoms with Crippen LogP contribution in [0, 0.1) is 6.92 Å². The summed E-state index contributed by atoms with van der Waals surface area (Å²) in [7, 11) is 1.61. The van der Waals surface area contributed by atoms with Gasteiger partial charge in [0.05, 0.1) is 25.8 Å². The Morgan fingerprint density at radius 3 is 2.40 bits per heavy atom. The number of aromatic nitrogens is 1. The van der Waals surface area contributed by atoms with Crippen molar-refractivity contribution in [3.05, 3.63) is 65.5 Å². The Morgan fingerprint density at radius 2 is 1.77 bits per heavy atom. The number of benzene rings is 2.